The van der Waals surface area contributed by atoms with Crippen LogP contribution in [-0.4, -0.2) is 39.9 Å². The van der Waals surface area contributed by atoms with Gasteiger partial charge in [-0.05, 0) is 50.5 Å². The number of rotatable bonds is 10. The van der Waals surface area contributed by atoms with Gasteiger partial charge in [-0.3, -0.25) is 9.48 Å². The van der Waals surface area contributed by atoms with E-state index in [2.05, 4.69) is 20.7 Å². The second kappa shape index (κ2) is 9.22. The number of aromatic nitrogens is 3. The lowest BCUT2D eigenvalue weighted by molar-refractivity contribution is 0.100. The van der Waals surface area contributed by atoms with E-state index in [-0.39, 0.29) is 29.3 Å². The van der Waals surface area contributed by atoms with Gasteiger partial charge in [0.05, 0.1) is 23.6 Å². The topological polar surface area (TPSA) is 133 Å². The highest BCUT2D eigenvalue weighted by molar-refractivity contribution is 5.99. The first-order chi connectivity index (χ1) is 15.8. The number of nitrogens with zero attached hydrogens (tertiary/aromatic N) is 3. The van der Waals surface area contributed by atoms with Crippen molar-refractivity contribution in [3.63, 3.8) is 0 Å². The summed E-state index contributed by atoms with van der Waals surface area (Å²) in [6, 6.07) is 6.34. The number of ether oxygens (including phenoxy) is 1. The number of amides is 1. The molecule has 10 heteroatoms. The SMILES string of the molecule is CCn1nc(OC)c2cc(Nc3nc(N[C@H](CC4CC4)[C@H](C)N)c(F)cc3C(N)=O)ccc21. The Labute approximate surface area is 191 Å². The number of hydrogen-bond acceptors (Lipinski definition) is 7. The quantitative estimate of drug-likeness (QED) is 0.368. The third-order valence-electron chi connectivity index (χ3n) is 5.95. The molecule has 9 nitrogen and oxygen atoms in total. The van der Waals surface area contributed by atoms with Crippen molar-refractivity contribution in [1.29, 1.82) is 0 Å². The molecular formula is C23H30FN7O2. The molecule has 1 fully saturated rings. The first-order valence-electron chi connectivity index (χ1n) is 11.1. The minimum Gasteiger partial charge on any atom is -0.479 e. The van der Waals surface area contributed by atoms with Crippen LogP contribution in [0.15, 0.2) is 24.3 Å². The fourth-order valence-corrected chi connectivity index (χ4v) is 3.92. The van der Waals surface area contributed by atoms with Crippen LogP contribution in [0.2, 0.25) is 0 Å². The summed E-state index contributed by atoms with van der Waals surface area (Å²) in [5.74, 6) is -0.165. The van der Waals surface area contributed by atoms with Crippen LogP contribution in [0.4, 0.5) is 21.7 Å². The van der Waals surface area contributed by atoms with Gasteiger partial charge < -0.3 is 26.8 Å². The number of anilines is 3. The van der Waals surface area contributed by atoms with Gasteiger partial charge in [-0.1, -0.05) is 12.8 Å². The smallest absolute Gasteiger partial charge is 0.252 e. The number of benzene rings is 1. The largest absolute Gasteiger partial charge is 0.479 e. The molecule has 1 aliphatic rings. The number of methoxy groups -OCH3 is 1. The number of pyridine rings is 1. The molecule has 1 amide bonds. The monoisotopic (exact) mass is 455 g/mol. The third-order valence-corrected chi connectivity index (χ3v) is 5.95. The highest BCUT2D eigenvalue weighted by Crippen LogP contribution is 2.35. The van der Waals surface area contributed by atoms with Crippen LogP contribution < -0.4 is 26.8 Å². The van der Waals surface area contributed by atoms with Crippen LogP contribution in [0.5, 0.6) is 5.88 Å². The average molecular weight is 456 g/mol. The van der Waals surface area contributed by atoms with Gasteiger partial charge in [-0.25, -0.2) is 9.37 Å². The predicted molar refractivity (Wildman–Crippen MR) is 126 cm³/mol. The van der Waals surface area contributed by atoms with Crippen molar-refractivity contribution in [3.8, 4) is 5.88 Å². The summed E-state index contributed by atoms with van der Waals surface area (Å²) in [4.78, 5) is 16.4. The molecule has 0 aliphatic heterocycles. The standard InChI is InChI=1S/C23H30FN7O2/c1-4-31-19-8-7-14(10-15(19)23(30-31)33-3)27-21-16(20(26)32)11-17(24)22(29-21)28-18(12(2)25)9-13-5-6-13/h7-8,10-13,18H,4-6,9,25H2,1-3H3,(H2,26,32)(H2,27,28,29)/t12-,18+/m0/s1. The summed E-state index contributed by atoms with van der Waals surface area (Å²) in [6.07, 6.45) is 3.17. The van der Waals surface area contributed by atoms with E-state index in [4.69, 9.17) is 16.2 Å². The zero-order valence-corrected chi connectivity index (χ0v) is 19.1. The summed E-state index contributed by atoms with van der Waals surface area (Å²) in [5, 5.41) is 11.5. The summed E-state index contributed by atoms with van der Waals surface area (Å²) in [5.41, 5.74) is 13.1. The number of primary amides is 1. The van der Waals surface area contributed by atoms with Crippen molar-refractivity contribution in [3.05, 3.63) is 35.6 Å². The molecule has 0 spiro atoms. The first kappa shape index (κ1) is 22.8. The van der Waals surface area contributed by atoms with Crippen LogP contribution in [0.25, 0.3) is 10.9 Å². The zero-order chi connectivity index (χ0) is 23.7. The fraction of sp³-hybridized carbons (Fsp3) is 0.435. The Morgan fingerprint density at radius 3 is 2.70 bits per heavy atom. The van der Waals surface area contributed by atoms with E-state index in [1.807, 2.05) is 36.7 Å². The Balaban J connectivity index is 1.68. The van der Waals surface area contributed by atoms with Crippen LogP contribution in [-0.2, 0) is 6.54 Å². The summed E-state index contributed by atoms with van der Waals surface area (Å²) in [7, 11) is 1.56. The third kappa shape index (κ3) is 4.85. The Bertz CT molecular complexity index is 1170. The van der Waals surface area contributed by atoms with Crippen molar-refractivity contribution in [2.45, 2.75) is 51.7 Å². The highest BCUT2D eigenvalue weighted by atomic mass is 19.1. The van der Waals surface area contributed by atoms with Crippen LogP contribution in [0, 0.1) is 11.7 Å². The molecule has 176 valence electrons. The number of carbonyl (C=O) groups is 1. The van der Waals surface area contributed by atoms with Crippen LogP contribution >= 0.6 is 0 Å². The molecule has 4 rings (SSSR count). The first-order valence-corrected chi connectivity index (χ1v) is 11.1. The number of nitrogens with two attached hydrogens (primary N) is 2. The summed E-state index contributed by atoms with van der Waals surface area (Å²) >= 11 is 0. The number of halogens is 1. The lowest BCUT2D eigenvalue weighted by Gasteiger charge is -2.24. The molecule has 33 heavy (non-hydrogen) atoms. The second-order valence-electron chi connectivity index (χ2n) is 8.55. The van der Waals surface area contributed by atoms with Gasteiger partial charge >= 0.3 is 0 Å². The number of hydrogen-bond donors (Lipinski definition) is 4. The molecule has 0 bridgehead atoms. The van der Waals surface area contributed by atoms with Crippen molar-refractivity contribution in [2.24, 2.45) is 17.4 Å². The molecule has 3 aromatic rings. The van der Waals surface area contributed by atoms with E-state index in [9.17, 15) is 9.18 Å². The average Bonchev–Trinajstić information content (AvgIpc) is 3.53. The molecule has 0 radical (unpaired) electrons. The van der Waals surface area contributed by atoms with E-state index in [0.717, 1.165) is 36.2 Å². The van der Waals surface area contributed by atoms with Crippen LogP contribution in [0.3, 0.4) is 0 Å². The van der Waals surface area contributed by atoms with Crippen molar-refractivity contribution < 1.29 is 13.9 Å². The number of aryl methyl sites for hydroxylation is 1. The van der Waals surface area contributed by atoms with Gasteiger partial charge in [-0.2, -0.15) is 0 Å². The maximum atomic E-state index is 14.8. The molecule has 2 atom stereocenters. The molecule has 0 unspecified atom stereocenters. The molecule has 1 aliphatic carbocycles. The van der Waals surface area contributed by atoms with Crippen molar-refractivity contribution in [2.75, 3.05) is 17.7 Å². The molecule has 2 heterocycles. The Morgan fingerprint density at radius 2 is 2.09 bits per heavy atom. The van der Waals surface area contributed by atoms with Gasteiger partial charge in [-0.15, -0.1) is 5.10 Å². The zero-order valence-electron chi connectivity index (χ0n) is 19.1. The lowest BCUT2D eigenvalue weighted by atomic mass is 10.0. The maximum absolute atomic E-state index is 14.8. The lowest BCUT2D eigenvalue weighted by Crippen LogP contribution is -2.39. The number of carbonyl (C=O) groups excluding carboxylic acids is 1. The predicted octanol–water partition coefficient (Wildman–Crippen LogP) is 3.37. The van der Waals surface area contributed by atoms with E-state index in [1.54, 1.807) is 7.11 Å². The van der Waals surface area contributed by atoms with Crippen molar-refractivity contribution >= 4 is 34.1 Å². The van der Waals surface area contributed by atoms with Gasteiger partial charge in [0, 0.05) is 24.3 Å². The molecule has 1 aromatic carbocycles. The highest BCUT2D eigenvalue weighted by Gasteiger charge is 2.28. The maximum Gasteiger partial charge on any atom is 0.252 e. The van der Waals surface area contributed by atoms with E-state index >= 15 is 0 Å². The molecule has 2 aromatic heterocycles. The normalized spacial score (nSPS) is 15.3. The van der Waals surface area contributed by atoms with Gasteiger partial charge in [0.15, 0.2) is 11.6 Å². The van der Waals surface area contributed by atoms with Gasteiger partial charge in [0.2, 0.25) is 5.88 Å². The molecular weight excluding hydrogens is 425 g/mol. The second-order valence-corrected chi connectivity index (χ2v) is 8.55. The molecule has 0 saturated heterocycles. The molecule has 6 N–H and O–H groups in total. The van der Waals surface area contributed by atoms with Crippen molar-refractivity contribution in [1.82, 2.24) is 14.8 Å². The summed E-state index contributed by atoms with van der Waals surface area (Å²) < 4.78 is 22.1. The van der Waals surface area contributed by atoms with E-state index in [1.165, 1.54) is 0 Å². The van der Waals surface area contributed by atoms with Gasteiger partial charge in [0.25, 0.3) is 5.91 Å². The van der Waals surface area contributed by atoms with E-state index in [0.29, 0.717) is 24.0 Å². The fourth-order valence-electron chi connectivity index (χ4n) is 3.92. The Hall–Kier alpha value is -3.40. The minimum atomic E-state index is -0.783. The Morgan fingerprint density at radius 1 is 1.33 bits per heavy atom. The number of nitrogens with one attached hydrogen (secondary N) is 2. The van der Waals surface area contributed by atoms with E-state index < -0.39 is 11.7 Å². The number of fused-ring (bicyclic) bond motifs is 1. The van der Waals surface area contributed by atoms with Crippen LogP contribution in [0.1, 0.15) is 43.5 Å². The minimum absolute atomic E-state index is 0.0305. The Kier molecular flexibility index (Phi) is 6.37. The molecule has 1 saturated carbocycles. The van der Waals surface area contributed by atoms with Gasteiger partial charge in [0.1, 0.15) is 5.82 Å². The summed E-state index contributed by atoms with van der Waals surface area (Å²) in [6.45, 7) is 4.56.